The maximum absolute atomic E-state index is 12.7. The largest absolute Gasteiger partial charge is 0.381 e. The van der Waals surface area contributed by atoms with E-state index in [4.69, 9.17) is 22.1 Å². The van der Waals surface area contributed by atoms with Crippen LogP contribution in [0.4, 0.5) is 0 Å². The Labute approximate surface area is 164 Å². The first kappa shape index (κ1) is 21.4. The molecule has 1 aromatic rings. The van der Waals surface area contributed by atoms with Gasteiger partial charge in [-0.15, -0.1) is 12.4 Å². The molecule has 2 aliphatic heterocycles. The summed E-state index contributed by atoms with van der Waals surface area (Å²) in [4.78, 5) is 14.6. The summed E-state index contributed by atoms with van der Waals surface area (Å²) in [6.07, 6.45) is 0.990. The molecule has 0 spiro atoms. The van der Waals surface area contributed by atoms with Crippen LogP contribution in [-0.2, 0) is 19.6 Å². The van der Waals surface area contributed by atoms with E-state index >= 15 is 0 Å². The Morgan fingerprint density at radius 2 is 1.62 bits per heavy atom. The van der Waals surface area contributed by atoms with Crippen LogP contribution in [0.3, 0.4) is 0 Å². The maximum atomic E-state index is 12.7. The number of carbonyl (C=O) groups excluding carboxylic acids is 1. The Bertz CT molecular complexity index is 728. The highest BCUT2D eigenvalue weighted by atomic mass is 35.5. The van der Waals surface area contributed by atoms with Crippen LogP contribution in [0.2, 0.25) is 5.02 Å². The van der Waals surface area contributed by atoms with E-state index in [1.54, 1.807) is 17.0 Å². The van der Waals surface area contributed by atoms with Gasteiger partial charge in [0, 0.05) is 44.4 Å². The molecule has 2 heterocycles. The van der Waals surface area contributed by atoms with Crippen molar-refractivity contribution >= 4 is 39.9 Å². The summed E-state index contributed by atoms with van der Waals surface area (Å²) < 4.78 is 32.0. The minimum Gasteiger partial charge on any atom is -0.381 e. The topological polar surface area (TPSA) is 92.9 Å². The lowest BCUT2D eigenvalue weighted by Gasteiger charge is -2.40. The highest BCUT2D eigenvalue weighted by Crippen LogP contribution is 2.23. The van der Waals surface area contributed by atoms with Crippen LogP contribution in [0, 0.1) is 0 Å². The number of nitrogens with zero attached hydrogens (tertiary/aromatic N) is 2. The Morgan fingerprint density at radius 1 is 1.08 bits per heavy atom. The lowest BCUT2D eigenvalue weighted by molar-refractivity contribution is -0.141. The summed E-state index contributed by atoms with van der Waals surface area (Å²) >= 11 is 5.82. The first-order valence-corrected chi connectivity index (χ1v) is 10.1. The summed E-state index contributed by atoms with van der Waals surface area (Å²) in [6.45, 7) is 2.14. The SMILES string of the molecule is Cl.NC1(C(=O)N2CCN(S(=O)(=O)c3ccc(Cl)cc3)CC2)CCOCC1. The van der Waals surface area contributed by atoms with Crippen molar-refractivity contribution in [3.63, 3.8) is 0 Å². The first-order chi connectivity index (χ1) is 11.8. The van der Waals surface area contributed by atoms with Crippen LogP contribution in [0.1, 0.15) is 12.8 Å². The standard InChI is InChI=1S/C16H22ClN3O4S.ClH/c17-13-1-3-14(4-2-13)25(22,23)20-9-7-19(8-10-20)15(21)16(18)5-11-24-12-6-16;/h1-4H,5-12,18H2;1H. The molecule has 0 bridgehead atoms. The van der Waals surface area contributed by atoms with E-state index in [2.05, 4.69) is 0 Å². The quantitative estimate of drug-likeness (QED) is 0.785. The molecular formula is C16H23Cl2N3O4S. The highest BCUT2D eigenvalue weighted by Gasteiger charge is 2.40. The molecule has 7 nitrogen and oxygen atoms in total. The van der Waals surface area contributed by atoms with E-state index in [0.29, 0.717) is 44.2 Å². The second-order valence-corrected chi connectivity index (χ2v) is 8.79. The molecule has 2 aliphatic rings. The maximum Gasteiger partial charge on any atom is 0.243 e. The van der Waals surface area contributed by atoms with Gasteiger partial charge in [-0.25, -0.2) is 8.42 Å². The first-order valence-electron chi connectivity index (χ1n) is 8.25. The zero-order valence-electron chi connectivity index (χ0n) is 14.3. The van der Waals surface area contributed by atoms with E-state index in [1.165, 1.54) is 16.4 Å². The van der Waals surface area contributed by atoms with Gasteiger partial charge in [-0.1, -0.05) is 11.6 Å². The molecule has 0 aromatic heterocycles. The summed E-state index contributed by atoms with van der Waals surface area (Å²) in [5.74, 6) is -0.112. The van der Waals surface area contributed by atoms with Crippen LogP contribution in [0.5, 0.6) is 0 Å². The number of nitrogens with two attached hydrogens (primary N) is 1. The number of hydrogen-bond acceptors (Lipinski definition) is 5. The van der Waals surface area contributed by atoms with Gasteiger partial charge in [0.05, 0.1) is 10.4 Å². The molecule has 2 N–H and O–H groups in total. The number of halogens is 2. The molecule has 2 fully saturated rings. The van der Waals surface area contributed by atoms with Gasteiger partial charge in [-0.05, 0) is 37.1 Å². The number of piperazine rings is 1. The predicted molar refractivity (Wildman–Crippen MR) is 101 cm³/mol. The van der Waals surface area contributed by atoms with Crippen molar-refractivity contribution in [1.29, 1.82) is 0 Å². The van der Waals surface area contributed by atoms with Gasteiger partial charge in [0.25, 0.3) is 0 Å². The molecule has 2 saturated heterocycles. The van der Waals surface area contributed by atoms with Crippen LogP contribution >= 0.6 is 24.0 Å². The number of benzene rings is 1. The fourth-order valence-corrected chi connectivity index (χ4v) is 4.70. The van der Waals surface area contributed by atoms with Crippen molar-refractivity contribution in [2.24, 2.45) is 5.73 Å². The molecule has 0 saturated carbocycles. The average molecular weight is 424 g/mol. The Hall–Kier alpha value is -0.900. The number of ether oxygens (including phenoxy) is 1. The van der Waals surface area contributed by atoms with Gasteiger partial charge in [0.1, 0.15) is 0 Å². The second-order valence-electron chi connectivity index (χ2n) is 6.42. The number of sulfonamides is 1. The zero-order chi connectivity index (χ0) is 18.1. The molecule has 1 aromatic carbocycles. The van der Waals surface area contributed by atoms with Crippen molar-refractivity contribution in [2.45, 2.75) is 23.3 Å². The predicted octanol–water partition coefficient (Wildman–Crippen LogP) is 1.10. The van der Waals surface area contributed by atoms with Gasteiger partial charge >= 0.3 is 0 Å². The van der Waals surface area contributed by atoms with Gasteiger partial charge in [-0.3, -0.25) is 4.79 Å². The van der Waals surface area contributed by atoms with Crippen molar-refractivity contribution < 1.29 is 17.9 Å². The van der Waals surface area contributed by atoms with Crippen molar-refractivity contribution in [2.75, 3.05) is 39.4 Å². The molecule has 0 atom stereocenters. The number of rotatable bonds is 3. The number of carbonyl (C=O) groups is 1. The van der Waals surface area contributed by atoms with E-state index in [0.717, 1.165) is 0 Å². The van der Waals surface area contributed by atoms with E-state index in [-0.39, 0.29) is 36.3 Å². The second kappa shape index (κ2) is 8.41. The van der Waals surface area contributed by atoms with Crippen molar-refractivity contribution in [1.82, 2.24) is 9.21 Å². The molecular weight excluding hydrogens is 401 g/mol. The third kappa shape index (κ3) is 4.32. The summed E-state index contributed by atoms with van der Waals surface area (Å²) in [7, 11) is -3.58. The molecule has 26 heavy (non-hydrogen) atoms. The third-order valence-electron chi connectivity index (χ3n) is 4.79. The average Bonchev–Trinajstić information content (AvgIpc) is 2.62. The van der Waals surface area contributed by atoms with Crippen molar-refractivity contribution in [3.8, 4) is 0 Å². The lowest BCUT2D eigenvalue weighted by atomic mass is 9.89. The molecule has 0 unspecified atom stereocenters. The molecule has 146 valence electrons. The molecule has 1 amide bonds. The number of hydrogen-bond donors (Lipinski definition) is 1. The molecule has 0 aliphatic carbocycles. The zero-order valence-corrected chi connectivity index (χ0v) is 16.7. The van der Waals surface area contributed by atoms with Gasteiger partial charge in [-0.2, -0.15) is 4.31 Å². The van der Waals surface area contributed by atoms with E-state index in [9.17, 15) is 13.2 Å². The summed E-state index contributed by atoms with van der Waals surface area (Å²) in [5, 5.41) is 0.485. The van der Waals surface area contributed by atoms with Gasteiger partial charge < -0.3 is 15.4 Å². The van der Waals surface area contributed by atoms with E-state index in [1.807, 2.05) is 0 Å². The van der Waals surface area contributed by atoms with Gasteiger partial charge in [0.15, 0.2) is 0 Å². The Morgan fingerprint density at radius 3 is 2.15 bits per heavy atom. The Balaban J connectivity index is 0.00000243. The van der Waals surface area contributed by atoms with Crippen LogP contribution in [0.25, 0.3) is 0 Å². The van der Waals surface area contributed by atoms with E-state index < -0.39 is 15.6 Å². The van der Waals surface area contributed by atoms with Crippen molar-refractivity contribution in [3.05, 3.63) is 29.3 Å². The van der Waals surface area contributed by atoms with Gasteiger partial charge in [0.2, 0.25) is 15.9 Å². The number of amides is 1. The summed E-state index contributed by atoms with van der Waals surface area (Å²) in [5.41, 5.74) is 5.35. The fraction of sp³-hybridized carbons (Fsp3) is 0.562. The smallest absolute Gasteiger partial charge is 0.243 e. The third-order valence-corrected chi connectivity index (χ3v) is 6.95. The molecule has 0 radical (unpaired) electrons. The molecule has 10 heteroatoms. The van der Waals surface area contributed by atoms with Crippen LogP contribution in [0.15, 0.2) is 29.2 Å². The normalized spacial score (nSPS) is 21.1. The fourth-order valence-electron chi connectivity index (χ4n) is 3.15. The lowest BCUT2D eigenvalue weighted by Crippen LogP contribution is -2.61. The minimum absolute atomic E-state index is 0. The van der Waals surface area contributed by atoms with Crippen LogP contribution < -0.4 is 5.73 Å². The Kier molecular flexibility index (Phi) is 6.92. The van der Waals surface area contributed by atoms with Crippen LogP contribution in [-0.4, -0.2) is 68.5 Å². The monoisotopic (exact) mass is 423 g/mol. The summed E-state index contributed by atoms with van der Waals surface area (Å²) in [6, 6.07) is 6.09. The minimum atomic E-state index is -3.58. The molecule has 3 rings (SSSR count). The highest BCUT2D eigenvalue weighted by molar-refractivity contribution is 7.89.